The van der Waals surface area contributed by atoms with Gasteiger partial charge >= 0.3 is 5.97 Å². The van der Waals surface area contributed by atoms with Crippen LogP contribution in [-0.2, 0) is 9.53 Å². The Morgan fingerprint density at radius 3 is 2.41 bits per heavy atom. The highest BCUT2D eigenvalue weighted by atomic mass is 16.6. The summed E-state index contributed by atoms with van der Waals surface area (Å²) in [5, 5.41) is 0. The maximum atomic E-state index is 11.6. The van der Waals surface area contributed by atoms with Crippen molar-refractivity contribution in [2.24, 2.45) is 11.8 Å². The predicted octanol–water partition coefficient (Wildman–Crippen LogP) is 4.10. The minimum atomic E-state index is -0.204. The molecule has 0 heterocycles. The predicted molar refractivity (Wildman–Crippen MR) is 70.7 cm³/mol. The fraction of sp³-hybridized carbons (Fsp3) is 0.800. The van der Waals surface area contributed by atoms with Crippen LogP contribution < -0.4 is 0 Å². The zero-order valence-electron chi connectivity index (χ0n) is 11.7. The Labute approximate surface area is 105 Å². The Balaban J connectivity index is 0.000000686. The summed E-state index contributed by atoms with van der Waals surface area (Å²) in [6, 6.07) is 0. The molecule has 3 atom stereocenters. The lowest BCUT2D eigenvalue weighted by atomic mass is 9.82. The lowest BCUT2D eigenvalue weighted by Crippen LogP contribution is -2.40. The van der Waals surface area contributed by atoms with Gasteiger partial charge in [-0.05, 0) is 50.9 Å². The first-order chi connectivity index (χ1) is 8.07. The third kappa shape index (κ3) is 2.72. The second-order valence-corrected chi connectivity index (χ2v) is 5.17. The molecule has 2 aliphatic rings. The van der Waals surface area contributed by atoms with E-state index in [1.54, 1.807) is 6.92 Å². The maximum Gasteiger partial charge on any atom is 0.333 e. The van der Waals surface area contributed by atoms with Crippen LogP contribution in [-0.4, -0.2) is 11.6 Å². The first-order valence-electron chi connectivity index (χ1n) is 6.96. The van der Waals surface area contributed by atoms with Gasteiger partial charge in [0.1, 0.15) is 5.60 Å². The van der Waals surface area contributed by atoms with E-state index >= 15 is 0 Å². The zero-order chi connectivity index (χ0) is 13.1. The number of esters is 1. The summed E-state index contributed by atoms with van der Waals surface area (Å²) in [5.41, 5.74) is 0.365. The first-order valence-corrected chi connectivity index (χ1v) is 6.96. The topological polar surface area (TPSA) is 26.3 Å². The third-order valence-corrected chi connectivity index (χ3v) is 4.16. The van der Waals surface area contributed by atoms with Gasteiger partial charge in [0, 0.05) is 5.57 Å². The number of fused-ring (bicyclic) bond motifs is 2. The molecule has 98 valence electrons. The van der Waals surface area contributed by atoms with E-state index in [2.05, 4.69) is 13.5 Å². The van der Waals surface area contributed by atoms with E-state index in [1.807, 2.05) is 13.8 Å². The van der Waals surface area contributed by atoms with E-state index in [0.29, 0.717) is 11.5 Å². The van der Waals surface area contributed by atoms with Crippen LogP contribution in [0.2, 0.25) is 0 Å². The summed E-state index contributed by atoms with van der Waals surface area (Å²) in [6.07, 6.45) is 5.86. The van der Waals surface area contributed by atoms with Gasteiger partial charge in [-0.15, -0.1) is 0 Å². The van der Waals surface area contributed by atoms with Gasteiger partial charge in [0.2, 0.25) is 0 Å². The van der Waals surface area contributed by atoms with E-state index in [0.717, 1.165) is 18.8 Å². The second-order valence-electron chi connectivity index (χ2n) is 5.17. The van der Waals surface area contributed by atoms with Crippen molar-refractivity contribution in [2.75, 3.05) is 0 Å². The molecular formula is C15H26O2. The highest BCUT2D eigenvalue weighted by molar-refractivity contribution is 5.87. The lowest BCUT2D eigenvalue weighted by molar-refractivity contribution is -0.161. The van der Waals surface area contributed by atoms with Crippen LogP contribution in [0.25, 0.3) is 0 Å². The molecule has 0 aromatic rings. The van der Waals surface area contributed by atoms with E-state index in [-0.39, 0.29) is 11.6 Å². The number of hydrogen-bond acceptors (Lipinski definition) is 2. The Hall–Kier alpha value is -0.790. The summed E-state index contributed by atoms with van der Waals surface area (Å²) >= 11 is 0. The Morgan fingerprint density at radius 2 is 2.06 bits per heavy atom. The van der Waals surface area contributed by atoms with Crippen LogP contribution in [0.4, 0.5) is 0 Å². The molecule has 0 spiro atoms. The summed E-state index contributed by atoms with van der Waals surface area (Å²) < 4.78 is 5.70. The molecule has 0 aliphatic heterocycles. The van der Waals surface area contributed by atoms with Crippen LogP contribution in [0.1, 0.15) is 59.8 Å². The molecule has 3 unspecified atom stereocenters. The normalized spacial score (nSPS) is 33.9. The molecule has 2 aliphatic carbocycles. The number of ether oxygens (including phenoxy) is 1. The summed E-state index contributed by atoms with van der Waals surface area (Å²) in [5.74, 6) is 1.20. The number of carbonyl (C=O) groups excluding carboxylic acids is 1. The van der Waals surface area contributed by atoms with Crippen molar-refractivity contribution in [2.45, 2.75) is 65.4 Å². The standard InChI is InChI=1S/C13H20O2.C2H6/c1-4-13(15-12(14)9(2)3)8-10-5-6-11(13)7-10;1-2/h10-11H,2,4-8H2,1,3H3;1-2H3. The maximum absolute atomic E-state index is 11.6. The third-order valence-electron chi connectivity index (χ3n) is 4.16. The van der Waals surface area contributed by atoms with Gasteiger partial charge in [0.15, 0.2) is 0 Å². The molecule has 2 rings (SSSR count). The van der Waals surface area contributed by atoms with Crippen molar-refractivity contribution in [3.63, 3.8) is 0 Å². The van der Waals surface area contributed by atoms with Crippen LogP contribution in [0.5, 0.6) is 0 Å². The van der Waals surface area contributed by atoms with Gasteiger partial charge in [-0.1, -0.05) is 27.4 Å². The molecule has 0 amide bonds. The average Bonchev–Trinajstić information content (AvgIpc) is 2.92. The molecule has 0 aromatic carbocycles. The van der Waals surface area contributed by atoms with Crippen LogP contribution in [0, 0.1) is 11.8 Å². The van der Waals surface area contributed by atoms with Crippen LogP contribution in [0.3, 0.4) is 0 Å². The number of hydrogen-bond donors (Lipinski definition) is 0. The minimum absolute atomic E-state index is 0.154. The second kappa shape index (κ2) is 5.70. The van der Waals surface area contributed by atoms with Crippen LogP contribution >= 0.6 is 0 Å². The van der Waals surface area contributed by atoms with E-state index in [1.165, 1.54) is 19.3 Å². The highest BCUT2D eigenvalue weighted by Crippen LogP contribution is 2.54. The molecule has 0 saturated heterocycles. The van der Waals surface area contributed by atoms with Crippen molar-refractivity contribution in [1.29, 1.82) is 0 Å². The molecule has 0 aromatic heterocycles. The fourth-order valence-corrected chi connectivity index (χ4v) is 3.30. The van der Waals surface area contributed by atoms with Crippen molar-refractivity contribution >= 4 is 5.97 Å². The van der Waals surface area contributed by atoms with Gasteiger partial charge < -0.3 is 4.74 Å². The lowest BCUT2D eigenvalue weighted by Gasteiger charge is -2.36. The monoisotopic (exact) mass is 238 g/mol. The van der Waals surface area contributed by atoms with Crippen molar-refractivity contribution < 1.29 is 9.53 Å². The number of carbonyl (C=O) groups is 1. The minimum Gasteiger partial charge on any atom is -0.455 e. The summed E-state index contributed by atoms with van der Waals surface area (Å²) in [6.45, 7) is 11.5. The van der Waals surface area contributed by atoms with Gasteiger partial charge in [-0.25, -0.2) is 4.79 Å². The van der Waals surface area contributed by atoms with E-state index in [9.17, 15) is 4.79 Å². The Morgan fingerprint density at radius 1 is 1.41 bits per heavy atom. The summed E-state index contributed by atoms with van der Waals surface area (Å²) in [7, 11) is 0. The Bertz CT molecular complexity index is 295. The van der Waals surface area contributed by atoms with E-state index in [4.69, 9.17) is 4.74 Å². The van der Waals surface area contributed by atoms with Gasteiger partial charge in [-0.2, -0.15) is 0 Å². The van der Waals surface area contributed by atoms with E-state index < -0.39 is 0 Å². The molecule has 2 fully saturated rings. The first kappa shape index (κ1) is 14.3. The average molecular weight is 238 g/mol. The molecule has 0 N–H and O–H groups in total. The van der Waals surface area contributed by atoms with Crippen molar-refractivity contribution in [3.05, 3.63) is 12.2 Å². The van der Waals surface area contributed by atoms with Gasteiger partial charge in [0.25, 0.3) is 0 Å². The molecule has 2 saturated carbocycles. The fourth-order valence-electron chi connectivity index (χ4n) is 3.30. The zero-order valence-corrected chi connectivity index (χ0v) is 11.7. The summed E-state index contributed by atoms with van der Waals surface area (Å²) in [4.78, 5) is 11.6. The molecule has 17 heavy (non-hydrogen) atoms. The van der Waals surface area contributed by atoms with Crippen molar-refractivity contribution in [3.8, 4) is 0 Å². The quantitative estimate of drug-likeness (QED) is 0.546. The van der Waals surface area contributed by atoms with Crippen LogP contribution in [0.15, 0.2) is 12.2 Å². The molecule has 2 nitrogen and oxygen atoms in total. The highest BCUT2D eigenvalue weighted by Gasteiger charge is 2.52. The molecular weight excluding hydrogens is 212 g/mol. The Kier molecular flexibility index (Phi) is 4.79. The molecule has 2 heteroatoms. The molecule has 2 bridgehead atoms. The number of rotatable bonds is 3. The van der Waals surface area contributed by atoms with Crippen molar-refractivity contribution in [1.82, 2.24) is 0 Å². The largest absolute Gasteiger partial charge is 0.455 e. The van der Waals surface area contributed by atoms with Gasteiger partial charge in [-0.3, -0.25) is 0 Å². The van der Waals surface area contributed by atoms with Gasteiger partial charge in [0.05, 0.1) is 0 Å². The molecule has 0 radical (unpaired) electrons. The smallest absolute Gasteiger partial charge is 0.333 e. The SMILES string of the molecule is C=C(C)C(=O)OC1(CC)CC2CCC1C2.CC.